The molecule has 0 spiro atoms. The van der Waals surface area contributed by atoms with E-state index in [1.54, 1.807) is 16.7 Å². The average Bonchev–Trinajstić information content (AvgIpc) is 3.29. The zero-order valence-electron chi connectivity index (χ0n) is 19.2. The molecule has 0 saturated heterocycles. The summed E-state index contributed by atoms with van der Waals surface area (Å²) in [4.78, 5) is 24.6. The van der Waals surface area contributed by atoms with E-state index in [9.17, 15) is 14.0 Å². The smallest absolute Gasteiger partial charge is 0.316 e. The number of carbonyl (C=O) groups excluding carboxylic acids is 2. The average molecular weight is 491 g/mol. The standard InChI is InChI=1S/C26H23FN4O3S/c1-17-7-6-8-18(2)24(17)28-22(32)15-34-23(33)16-35-26-30-29-25(19-11-13-20(27)14-12-19)31(26)21-9-4-3-5-10-21/h3-14H,15-16H2,1-2H3,(H,28,32). The molecular formula is C26H23FN4O3S. The maximum absolute atomic E-state index is 13.4. The van der Waals surface area contributed by atoms with Crippen molar-refractivity contribution < 1.29 is 18.7 Å². The maximum Gasteiger partial charge on any atom is 0.316 e. The minimum atomic E-state index is -0.558. The first-order chi connectivity index (χ1) is 16.9. The van der Waals surface area contributed by atoms with Crippen molar-refractivity contribution >= 4 is 29.3 Å². The van der Waals surface area contributed by atoms with Gasteiger partial charge in [0.05, 0.1) is 5.75 Å². The molecule has 178 valence electrons. The molecular weight excluding hydrogens is 467 g/mol. The summed E-state index contributed by atoms with van der Waals surface area (Å²) in [6.07, 6.45) is 0. The molecule has 1 heterocycles. The number of thioether (sulfide) groups is 1. The summed E-state index contributed by atoms with van der Waals surface area (Å²) in [6.45, 7) is 3.40. The molecule has 0 radical (unpaired) electrons. The first-order valence-electron chi connectivity index (χ1n) is 10.8. The van der Waals surface area contributed by atoms with Gasteiger partial charge in [-0.3, -0.25) is 14.2 Å². The summed E-state index contributed by atoms with van der Waals surface area (Å²) in [5.74, 6) is -0.867. The predicted molar refractivity (Wildman–Crippen MR) is 133 cm³/mol. The second-order valence-corrected chi connectivity index (χ2v) is 8.69. The molecule has 4 rings (SSSR count). The maximum atomic E-state index is 13.4. The Bertz CT molecular complexity index is 1320. The molecule has 3 aromatic carbocycles. The number of benzene rings is 3. The predicted octanol–water partition coefficient (Wildman–Crippen LogP) is 4.96. The normalized spacial score (nSPS) is 10.7. The highest BCUT2D eigenvalue weighted by Crippen LogP contribution is 2.28. The SMILES string of the molecule is Cc1cccc(C)c1NC(=O)COC(=O)CSc1nnc(-c2ccc(F)cc2)n1-c1ccccc1. The van der Waals surface area contributed by atoms with Crippen LogP contribution in [0.2, 0.25) is 0 Å². The van der Waals surface area contributed by atoms with Crippen molar-refractivity contribution in [2.24, 2.45) is 0 Å². The Balaban J connectivity index is 1.42. The van der Waals surface area contributed by atoms with E-state index in [2.05, 4.69) is 15.5 Å². The number of aryl methyl sites for hydroxylation is 2. The van der Waals surface area contributed by atoms with Gasteiger partial charge in [0.15, 0.2) is 17.6 Å². The number of aromatic nitrogens is 3. The Morgan fingerprint density at radius 3 is 2.31 bits per heavy atom. The highest BCUT2D eigenvalue weighted by atomic mass is 32.2. The van der Waals surface area contributed by atoms with Gasteiger partial charge in [-0.15, -0.1) is 10.2 Å². The van der Waals surface area contributed by atoms with Crippen molar-refractivity contribution in [3.63, 3.8) is 0 Å². The molecule has 35 heavy (non-hydrogen) atoms. The van der Waals surface area contributed by atoms with Crippen LogP contribution in [0, 0.1) is 19.7 Å². The molecule has 0 bridgehead atoms. The third-order valence-electron chi connectivity index (χ3n) is 5.18. The molecule has 1 amide bonds. The van der Waals surface area contributed by atoms with Crippen molar-refractivity contribution in [1.82, 2.24) is 14.8 Å². The van der Waals surface area contributed by atoms with E-state index in [0.717, 1.165) is 28.6 Å². The van der Waals surface area contributed by atoms with E-state index >= 15 is 0 Å². The molecule has 1 N–H and O–H groups in total. The van der Waals surface area contributed by atoms with Crippen LogP contribution in [0.15, 0.2) is 78.0 Å². The Hall–Kier alpha value is -3.98. The Labute approximate surface area is 206 Å². The highest BCUT2D eigenvalue weighted by Gasteiger charge is 2.18. The third-order valence-corrected chi connectivity index (χ3v) is 6.08. The van der Waals surface area contributed by atoms with Crippen LogP contribution >= 0.6 is 11.8 Å². The number of amides is 1. The number of hydrogen-bond donors (Lipinski definition) is 1. The van der Waals surface area contributed by atoms with Crippen molar-refractivity contribution in [2.45, 2.75) is 19.0 Å². The van der Waals surface area contributed by atoms with Crippen LogP contribution in [0.5, 0.6) is 0 Å². The molecule has 9 heteroatoms. The number of halogens is 1. The molecule has 0 atom stereocenters. The molecule has 0 fully saturated rings. The highest BCUT2D eigenvalue weighted by molar-refractivity contribution is 7.99. The Morgan fingerprint density at radius 2 is 1.63 bits per heavy atom. The first kappa shape index (κ1) is 24.2. The third kappa shape index (κ3) is 5.93. The van der Waals surface area contributed by atoms with Crippen LogP contribution in [0.4, 0.5) is 10.1 Å². The number of esters is 1. The van der Waals surface area contributed by atoms with Crippen LogP contribution < -0.4 is 5.32 Å². The number of nitrogens with one attached hydrogen (secondary N) is 1. The Morgan fingerprint density at radius 1 is 0.943 bits per heavy atom. The first-order valence-corrected chi connectivity index (χ1v) is 11.8. The van der Waals surface area contributed by atoms with E-state index < -0.39 is 11.9 Å². The van der Waals surface area contributed by atoms with Gasteiger partial charge in [0.25, 0.3) is 5.91 Å². The molecule has 0 aliphatic heterocycles. The van der Waals surface area contributed by atoms with Gasteiger partial charge in [0.2, 0.25) is 0 Å². The molecule has 4 aromatic rings. The lowest BCUT2D eigenvalue weighted by atomic mass is 10.1. The van der Waals surface area contributed by atoms with E-state index in [1.165, 1.54) is 12.1 Å². The van der Waals surface area contributed by atoms with Crippen molar-refractivity contribution in [1.29, 1.82) is 0 Å². The van der Waals surface area contributed by atoms with Crippen LogP contribution in [-0.4, -0.2) is 39.0 Å². The molecule has 1 aromatic heterocycles. The van der Waals surface area contributed by atoms with Crippen LogP contribution in [-0.2, 0) is 14.3 Å². The van der Waals surface area contributed by atoms with Crippen molar-refractivity contribution in [2.75, 3.05) is 17.7 Å². The molecule has 0 aliphatic carbocycles. The number of rotatable bonds is 8. The van der Waals surface area contributed by atoms with Crippen LogP contribution in [0.1, 0.15) is 11.1 Å². The zero-order valence-corrected chi connectivity index (χ0v) is 20.0. The lowest BCUT2D eigenvalue weighted by Crippen LogP contribution is -2.22. The second-order valence-electron chi connectivity index (χ2n) is 7.75. The summed E-state index contributed by atoms with van der Waals surface area (Å²) in [5.41, 5.74) is 4.04. The minimum Gasteiger partial charge on any atom is -0.455 e. The topological polar surface area (TPSA) is 86.1 Å². The lowest BCUT2D eigenvalue weighted by Gasteiger charge is -2.12. The summed E-state index contributed by atoms with van der Waals surface area (Å²) in [5, 5.41) is 11.7. The molecule has 0 aliphatic rings. The summed E-state index contributed by atoms with van der Waals surface area (Å²) in [6, 6.07) is 21.1. The van der Waals surface area contributed by atoms with Gasteiger partial charge in [-0.1, -0.05) is 48.2 Å². The summed E-state index contributed by atoms with van der Waals surface area (Å²) >= 11 is 1.14. The largest absolute Gasteiger partial charge is 0.455 e. The summed E-state index contributed by atoms with van der Waals surface area (Å²) < 4.78 is 20.4. The van der Waals surface area contributed by atoms with Crippen LogP contribution in [0.3, 0.4) is 0 Å². The van der Waals surface area contributed by atoms with Crippen molar-refractivity contribution in [3.8, 4) is 17.1 Å². The summed E-state index contributed by atoms with van der Waals surface area (Å²) in [7, 11) is 0. The minimum absolute atomic E-state index is 0.0644. The fourth-order valence-corrected chi connectivity index (χ4v) is 4.21. The fraction of sp³-hybridized carbons (Fsp3) is 0.154. The number of carbonyl (C=O) groups is 2. The second kappa shape index (κ2) is 11.0. The van der Waals surface area contributed by atoms with E-state index in [-0.39, 0.29) is 18.2 Å². The lowest BCUT2D eigenvalue weighted by molar-refractivity contribution is -0.144. The number of nitrogens with zero attached hydrogens (tertiary/aromatic N) is 3. The van der Waals surface area contributed by atoms with Gasteiger partial charge >= 0.3 is 5.97 Å². The van der Waals surface area contributed by atoms with E-state index in [1.807, 2.05) is 62.4 Å². The van der Waals surface area contributed by atoms with Gasteiger partial charge in [0.1, 0.15) is 5.82 Å². The Kier molecular flexibility index (Phi) is 7.57. The monoisotopic (exact) mass is 490 g/mol. The quantitative estimate of drug-likeness (QED) is 0.277. The number of ether oxygens (including phenoxy) is 1. The van der Waals surface area contributed by atoms with E-state index in [0.29, 0.717) is 22.2 Å². The fourth-order valence-electron chi connectivity index (χ4n) is 3.46. The molecule has 0 saturated carbocycles. The van der Waals surface area contributed by atoms with Crippen molar-refractivity contribution in [3.05, 3.63) is 89.7 Å². The number of para-hydroxylation sites is 2. The van der Waals surface area contributed by atoms with E-state index in [4.69, 9.17) is 4.74 Å². The van der Waals surface area contributed by atoms with Gasteiger partial charge in [-0.2, -0.15) is 0 Å². The van der Waals surface area contributed by atoms with Crippen LogP contribution in [0.25, 0.3) is 17.1 Å². The molecule has 7 nitrogen and oxygen atoms in total. The molecule has 0 unspecified atom stereocenters. The van der Waals surface area contributed by atoms with Gasteiger partial charge in [-0.25, -0.2) is 4.39 Å². The zero-order chi connectivity index (χ0) is 24.8. The van der Waals surface area contributed by atoms with Gasteiger partial charge in [-0.05, 0) is 61.4 Å². The number of anilines is 1. The van der Waals surface area contributed by atoms with Gasteiger partial charge < -0.3 is 10.1 Å². The number of hydrogen-bond acceptors (Lipinski definition) is 6. The van der Waals surface area contributed by atoms with Gasteiger partial charge in [0, 0.05) is 16.9 Å².